The van der Waals surface area contributed by atoms with Crippen LogP contribution in [0.2, 0.25) is 0 Å². The third kappa shape index (κ3) is 5.01. The molecule has 2 heterocycles. The van der Waals surface area contributed by atoms with Crippen LogP contribution in [0.4, 0.5) is 10.5 Å². The van der Waals surface area contributed by atoms with Crippen LogP contribution >= 0.6 is 11.3 Å². The summed E-state index contributed by atoms with van der Waals surface area (Å²) in [7, 11) is 0. The van der Waals surface area contributed by atoms with E-state index in [1.165, 1.54) is 10.6 Å². The van der Waals surface area contributed by atoms with E-state index in [2.05, 4.69) is 69.9 Å². The molecule has 2 atom stereocenters. The molecule has 1 amide bonds. The van der Waals surface area contributed by atoms with Gasteiger partial charge in [0, 0.05) is 42.8 Å². The normalized spacial score (nSPS) is 16.6. The monoisotopic (exact) mass is 421 g/mol. The second-order valence-electron chi connectivity index (χ2n) is 7.45. The maximum absolute atomic E-state index is 12.5. The Labute approximate surface area is 181 Å². The number of benzene rings is 2. The van der Waals surface area contributed by atoms with Crippen LogP contribution < -0.4 is 15.0 Å². The van der Waals surface area contributed by atoms with E-state index >= 15 is 0 Å². The summed E-state index contributed by atoms with van der Waals surface area (Å²) in [6, 6.07) is 24.0. The number of thiophene rings is 1. The standard InChI is InChI=1S/C24H27N3O2S/c1-19(25-24(28)29-21-11-6-3-7-12-21)23(22-13-8-18-30-22)27-16-14-26(15-17-27)20-9-4-2-5-10-20/h2-13,18-19,23H,14-17H2,1H3,(H,25,28)/t19-,23+/m0/s1. The van der Waals surface area contributed by atoms with Crippen molar-refractivity contribution >= 4 is 23.1 Å². The first kappa shape index (κ1) is 20.4. The molecule has 30 heavy (non-hydrogen) atoms. The summed E-state index contributed by atoms with van der Waals surface area (Å²) in [5.74, 6) is 0.548. The highest BCUT2D eigenvalue weighted by molar-refractivity contribution is 7.10. The molecule has 0 aliphatic carbocycles. The number of amides is 1. The van der Waals surface area contributed by atoms with Crippen molar-refractivity contribution in [1.29, 1.82) is 0 Å². The molecular formula is C24H27N3O2S. The van der Waals surface area contributed by atoms with Gasteiger partial charge >= 0.3 is 6.09 Å². The van der Waals surface area contributed by atoms with Crippen molar-refractivity contribution in [2.45, 2.75) is 19.0 Å². The van der Waals surface area contributed by atoms with Crippen molar-refractivity contribution in [2.24, 2.45) is 0 Å². The molecule has 5 nitrogen and oxygen atoms in total. The largest absolute Gasteiger partial charge is 0.412 e. The zero-order valence-electron chi connectivity index (χ0n) is 17.1. The molecule has 4 rings (SSSR count). The number of carbonyl (C=O) groups is 1. The highest BCUT2D eigenvalue weighted by Crippen LogP contribution is 2.30. The molecule has 156 valence electrons. The molecule has 3 aromatic rings. The first-order valence-corrected chi connectivity index (χ1v) is 11.2. The van der Waals surface area contributed by atoms with Gasteiger partial charge in [-0.05, 0) is 42.6 Å². The van der Waals surface area contributed by atoms with Gasteiger partial charge in [-0.1, -0.05) is 42.5 Å². The van der Waals surface area contributed by atoms with Crippen molar-refractivity contribution in [1.82, 2.24) is 10.2 Å². The third-order valence-electron chi connectivity index (χ3n) is 5.44. The molecule has 0 bridgehead atoms. The molecule has 0 spiro atoms. The number of nitrogens with zero attached hydrogens (tertiary/aromatic N) is 2. The Kier molecular flexibility index (Phi) is 6.67. The number of hydrogen-bond donors (Lipinski definition) is 1. The van der Waals surface area contributed by atoms with Gasteiger partial charge in [0.25, 0.3) is 0 Å². The highest BCUT2D eigenvalue weighted by Gasteiger charge is 2.31. The van der Waals surface area contributed by atoms with Gasteiger partial charge in [-0.2, -0.15) is 0 Å². The molecule has 1 fully saturated rings. The molecule has 2 aromatic carbocycles. The summed E-state index contributed by atoms with van der Waals surface area (Å²) in [5, 5.41) is 5.14. The van der Waals surface area contributed by atoms with E-state index in [9.17, 15) is 4.79 Å². The van der Waals surface area contributed by atoms with Crippen molar-refractivity contribution in [3.63, 3.8) is 0 Å². The Balaban J connectivity index is 1.41. The van der Waals surface area contributed by atoms with E-state index in [0.29, 0.717) is 5.75 Å². The molecular weight excluding hydrogens is 394 g/mol. The van der Waals surface area contributed by atoms with Gasteiger partial charge in [0.1, 0.15) is 5.75 Å². The minimum atomic E-state index is -0.418. The SMILES string of the molecule is C[C@H](NC(=O)Oc1ccccc1)[C@H](c1cccs1)N1CCN(c2ccccc2)CC1. The van der Waals surface area contributed by atoms with Crippen LogP contribution in [0.25, 0.3) is 0 Å². The summed E-state index contributed by atoms with van der Waals surface area (Å²) < 4.78 is 5.44. The molecule has 0 radical (unpaired) electrons. The van der Waals surface area contributed by atoms with Gasteiger partial charge in [-0.25, -0.2) is 4.79 Å². The van der Waals surface area contributed by atoms with Crippen LogP contribution in [0.15, 0.2) is 78.2 Å². The van der Waals surface area contributed by atoms with Crippen molar-refractivity contribution in [3.8, 4) is 5.75 Å². The molecule has 1 aliphatic heterocycles. The summed E-state index contributed by atoms with van der Waals surface area (Å²) in [6.45, 7) is 5.87. The molecule has 0 unspecified atom stereocenters. The Morgan fingerprint density at radius 3 is 2.23 bits per heavy atom. The molecule has 1 saturated heterocycles. The maximum atomic E-state index is 12.5. The molecule has 1 aromatic heterocycles. The summed E-state index contributed by atoms with van der Waals surface area (Å²) in [6.07, 6.45) is -0.418. The number of piperazine rings is 1. The van der Waals surface area contributed by atoms with Gasteiger partial charge in [-0.15, -0.1) is 11.3 Å². The Morgan fingerprint density at radius 2 is 1.60 bits per heavy atom. The third-order valence-corrected chi connectivity index (χ3v) is 6.38. The van der Waals surface area contributed by atoms with Gasteiger partial charge < -0.3 is 15.0 Å². The Bertz CT molecular complexity index is 910. The van der Waals surface area contributed by atoms with Crippen molar-refractivity contribution in [3.05, 3.63) is 83.1 Å². The number of anilines is 1. The zero-order valence-corrected chi connectivity index (χ0v) is 17.9. The fourth-order valence-corrected chi connectivity index (χ4v) is 4.95. The number of rotatable bonds is 6. The number of para-hydroxylation sites is 2. The van der Waals surface area contributed by atoms with E-state index in [1.54, 1.807) is 23.5 Å². The lowest BCUT2D eigenvalue weighted by Gasteiger charge is -2.42. The lowest BCUT2D eigenvalue weighted by atomic mass is 10.0. The summed E-state index contributed by atoms with van der Waals surface area (Å²) in [4.78, 5) is 18.6. The summed E-state index contributed by atoms with van der Waals surface area (Å²) >= 11 is 1.73. The molecule has 0 saturated carbocycles. The second-order valence-corrected chi connectivity index (χ2v) is 8.43. The molecule has 1 aliphatic rings. The fourth-order valence-electron chi connectivity index (χ4n) is 3.99. The van der Waals surface area contributed by atoms with Crippen molar-refractivity contribution < 1.29 is 9.53 Å². The van der Waals surface area contributed by atoms with Crippen molar-refractivity contribution in [2.75, 3.05) is 31.1 Å². The fraction of sp³-hybridized carbons (Fsp3) is 0.292. The summed E-state index contributed by atoms with van der Waals surface area (Å²) in [5.41, 5.74) is 1.27. The highest BCUT2D eigenvalue weighted by atomic mass is 32.1. The zero-order chi connectivity index (χ0) is 20.8. The van der Waals surface area contributed by atoms with Crippen LogP contribution in [0.1, 0.15) is 17.8 Å². The van der Waals surface area contributed by atoms with Crippen LogP contribution in [0.3, 0.4) is 0 Å². The predicted molar refractivity (Wildman–Crippen MR) is 122 cm³/mol. The lowest BCUT2D eigenvalue weighted by molar-refractivity contribution is 0.146. The quantitative estimate of drug-likeness (QED) is 0.622. The minimum absolute atomic E-state index is 0.0804. The number of ether oxygens (including phenoxy) is 1. The molecule has 6 heteroatoms. The van der Waals surface area contributed by atoms with E-state index in [4.69, 9.17) is 4.74 Å². The van der Waals surface area contributed by atoms with Gasteiger partial charge in [0.05, 0.1) is 6.04 Å². The number of nitrogens with one attached hydrogen (secondary N) is 1. The van der Waals surface area contributed by atoms with E-state index in [1.807, 2.05) is 18.2 Å². The van der Waals surface area contributed by atoms with Gasteiger partial charge in [0.15, 0.2) is 0 Å². The average molecular weight is 422 g/mol. The van der Waals surface area contributed by atoms with E-state index in [-0.39, 0.29) is 12.1 Å². The van der Waals surface area contributed by atoms with Crippen LogP contribution in [0, 0.1) is 0 Å². The first-order chi connectivity index (χ1) is 14.7. The number of carbonyl (C=O) groups excluding carboxylic acids is 1. The van der Waals surface area contributed by atoms with Gasteiger partial charge in [-0.3, -0.25) is 4.90 Å². The van der Waals surface area contributed by atoms with E-state index in [0.717, 1.165) is 26.2 Å². The minimum Gasteiger partial charge on any atom is -0.410 e. The Hall–Kier alpha value is -2.83. The Morgan fingerprint density at radius 1 is 0.933 bits per heavy atom. The first-order valence-electron chi connectivity index (χ1n) is 10.3. The van der Waals surface area contributed by atoms with Gasteiger partial charge in [0.2, 0.25) is 0 Å². The van der Waals surface area contributed by atoms with E-state index < -0.39 is 6.09 Å². The van der Waals surface area contributed by atoms with Crippen LogP contribution in [-0.2, 0) is 0 Å². The maximum Gasteiger partial charge on any atom is 0.412 e. The second kappa shape index (κ2) is 9.78. The molecule has 1 N–H and O–H groups in total. The van der Waals surface area contributed by atoms with Crippen LogP contribution in [-0.4, -0.2) is 43.2 Å². The smallest absolute Gasteiger partial charge is 0.410 e. The lowest BCUT2D eigenvalue weighted by Crippen LogP contribution is -2.52. The topological polar surface area (TPSA) is 44.8 Å². The number of hydrogen-bond acceptors (Lipinski definition) is 5. The predicted octanol–water partition coefficient (Wildman–Crippen LogP) is 4.79. The van der Waals surface area contributed by atoms with Crippen LogP contribution in [0.5, 0.6) is 5.75 Å². The average Bonchev–Trinajstić information content (AvgIpc) is 3.30.